The highest BCUT2D eigenvalue weighted by Crippen LogP contribution is 2.16. The summed E-state index contributed by atoms with van der Waals surface area (Å²) >= 11 is 1.56. The molecule has 2 rings (SSSR count). The predicted molar refractivity (Wildman–Crippen MR) is 83.9 cm³/mol. The maximum Gasteiger partial charge on any atom is 0.252 e. The van der Waals surface area contributed by atoms with Gasteiger partial charge in [0.1, 0.15) is 0 Å². The average Bonchev–Trinajstić information content (AvgIpc) is 2.87. The Balaban J connectivity index is 1.74. The van der Waals surface area contributed by atoms with E-state index in [0.29, 0.717) is 13.2 Å². The van der Waals surface area contributed by atoms with E-state index >= 15 is 0 Å². The van der Waals surface area contributed by atoms with Gasteiger partial charge in [-0.15, -0.1) is 0 Å². The first-order valence-corrected chi connectivity index (χ1v) is 8.27. The SMILES string of the molecule is COCC(O)CN1CCC(NC(=O)c2cscc2C)CC1. The molecule has 118 valence electrons. The molecule has 2 N–H and O–H groups in total. The van der Waals surface area contributed by atoms with E-state index in [1.54, 1.807) is 18.4 Å². The molecule has 21 heavy (non-hydrogen) atoms. The third-order valence-corrected chi connectivity index (χ3v) is 4.71. The maximum absolute atomic E-state index is 12.2. The molecule has 0 radical (unpaired) electrons. The molecule has 1 aliphatic heterocycles. The Morgan fingerprint density at radius 1 is 1.52 bits per heavy atom. The lowest BCUT2D eigenvalue weighted by atomic mass is 10.0. The van der Waals surface area contributed by atoms with Crippen molar-refractivity contribution in [2.45, 2.75) is 31.9 Å². The van der Waals surface area contributed by atoms with Gasteiger partial charge < -0.3 is 20.1 Å². The second-order valence-electron chi connectivity index (χ2n) is 5.63. The summed E-state index contributed by atoms with van der Waals surface area (Å²) in [5.41, 5.74) is 1.83. The standard InChI is InChI=1S/C15H24N2O3S/c1-11-9-21-10-14(11)15(19)16-12-3-5-17(6-4-12)7-13(18)8-20-2/h9-10,12-13,18H,3-8H2,1-2H3,(H,16,19). The van der Waals surface area contributed by atoms with Gasteiger partial charge in [0, 0.05) is 38.2 Å². The van der Waals surface area contributed by atoms with Crippen LogP contribution in [0.3, 0.4) is 0 Å². The van der Waals surface area contributed by atoms with Gasteiger partial charge >= 0.3 is 0 Å². The molecule has 1 unspecified atom stereocenters. The van der Waals surface area contributed by atoms with Crippen molar-refractivity contribution in [2.24, 2.45) is 0 Å². The van der Waals surface area contributed by atoms with Crippen molar-refractivity contribution in [3.05, 3.63) is 21.9 Å². The summed E-state index contributed by atoms with van der Waals surface area (Å²) in [5.74, 6) is 0.0339. The lowest BCUT2D eigenvalue weighted by Crippen LogP contribution is -2.47. The number of hydrogen-bond donors (Lipinski definition) is 2. The lowest BCUT2D eigenvalue weighted by Gasteiger charge is -2.33. The van der Waals surface area contributed by atoms with Crippen molar-refractivity contribution in [2.75, 3.05) is 33.4 Å². The zero-order valence-electron chi connectivity index (χ0n) is 12.7. The van der Waals surface area contributed by atoms with Gasteiger partial charge in [-0.2, -0.15) is 11.3 Å². The zero-order chi connectivity index (χ0) is 15.2. The van der Waals surface area contributed by atoms with Crippen molar-refractivity contribution in [3.8, 4) is 0 Å². The fraction of sp³-hybridized carbons (Fsp3) is 0.667. The smallest absolute Gasteiger partial charge is 0.252 e. The summed E-state index contributed by atoms with van der Waals surface area (Å²) in [5, 5.41) is 16.7. The summed E-state index contributed by atoms with van der Waals surface area (Å²) in [4.78, 5) is 14.4. The quantitative estimate of drug-likeness (QED) is 0.830. The molecule has 5 nitrogen and oxygen atoms in total. The first-order chi connectivity index (χ1) is 10.1. The molecule has 1 saturated heterocycles. The van der Waals surface area contributed by atoms with E-state index in [1.807, 2.05) is 17.7 Å². The van der Waals surface area contributed by atoms with Crippen LogP contribution >= 0.6 is 11.3 Å². The molecule has 1 atom stereocenters. The van der Waals surface area contributed by atoms with E-state index in [2.05, 4.69) is 10.2 Å². The van der Waals surface area contributed by atoms with E-state index in [4.69, 9.17) is 4.74 Å². The number of nitrogens with zero attached hydrogens (tertiary/aromatic N) is 1. The molecule has 1 aromatic heterocycles. The van der Waals surface area contributed by atoms with Crippen LogP contribution in [-0.2, 0) is 4.74 Å². The van der Waals surface area contributed by atoms with Crippen LogP contribution in [0.1, 0.15) is 28.8 Å². The van der Waals surface area contributed by atoms with Gasteiger partial charge in [-0.05, 0) is 30.7 Å². The van der Waals surface area contributed by atoms with E-state index < -0.39 is 6.10 Å². The molecule has 1 amide bonds. The van der Waals surface area contributed by atoms with Crippen LogP contribution in [0.5, 0.6) is 0 Å². The van der Waals surface area contributed by atoms with Gasteiger partial charge in [0.25, 0.3) is 5.91 Å². The number of rotatable bonds is 6. The molecule has 0 bridgehead atoms. The first-order valence-electron chi connectivity index (χ1n) is 7.33. The normalized spacial score (nSPS) is 18.6. The third-order valence-electron chi connectivity index (χ3n) is 3.85. The number of amides is 1. The number of aliphatic hydroxyl groups excluding tert-OH is 1. The molecule has 2 heterocycles. The Labute approximate surface area is 129 Å². The van der Waals surface area contributed by atoms with Crippen molar-refractivity contribution < 1.29 is 14.6 Å². The fourth-order valence-corrected chi connectivity index (χ4v) is 3.49. The monoisotopic (exact) mass is 312 g/mol. The number of aryl methyl sites for hydroxylation is 1. The molecular weight excluding hydrogens is 288 g/mol. The number of β-amino-alcohol motifs (C(OH)–C–C–N with tert-alkyl or cyclic N) is 1. The molecule has 0 saturated carbocycles. The molecule has 0 spiro atoms. The third kappa shape index (κ3) is 4.78. The molecular formula is C15H24N2O3S. The summed E-state index contributed by atoms with van der Waals surface area (Å²) in [6.45, 7) is 4.76. The van der Waals surface area contributed by atoms with Crippen molar-refractivity contribution in [1.82, 2.24) is 10.2 Å². The molecule has 0 aliphatic carbocycles. The predicted octanol–water partition coefficient (Wildman–Crippen LogP) is 1.26. The lowest BCUT2D eigenvalue weighted by molar-refractivity contribution is 0.0309. The molecule has 1 aliphatic rings. The van der Waals surface area contributed by atoms with Crippen molar-refractivity contribution >= 4 is 17.2 Å². The highest BCUT2D eigenvalue weighted by Gasteiger charge is 2.23. The number of carbonyl (C=O) groups is 1. The highest BCUT2D eigenvalue weighted by molar-refractivity contribution is 7.08. The topological polar surface area (TPSA) is 61.8 Å². The van der Waals surface area contributed by atoms with Gasteiger partial charge in [0.05, 0.1) is 18.3 Å². The number of aliphatic hydroxyl groups is 1. The fourth-order valence-electron chi connectivity index (χ4n) is 2.66. The van der Waals surface area contributed by atoms with Crippen molar-refractivity contribution in [1.29, 1.82) is 0 Å². The van der Waals surface area contributed by atoms with Crippen LogP contribution in [0.2, 0.25) is 0 Å². The summed E-state index contributed by atoms with van der Waals surface area (Å²) in [6.07, 6.45) is 1.41. The van der Waals surface area contributed by atoms with E-state index in [9.17, 15) is 9.90 Å². The second kappa shape index (κ2) is 7.89. The number of nitrogens with one attached hydrogen (secondary N) is 1. The Kier molecular flexibility index (Phi) is 6.17. The number of ether oxygens (including phenoxy) is 1. The number of thiophene rings is 1. The zero-order valence-corrected chi connectivity index (χ0v) is 13.5. The summed E-state index contributed by atoms with van der Waals surface area (Å²) in [7, 11) is 1.59. The number of carbonyl (C=O) groups excluding carboxylic acids is 1. The van der Waals surface area contributed by atoms with Crippen LogP contribution in [0.4, 0.5) is 0 Å². The minimum Gasteiger partial charge on any atom is -0.389 e. The van der Waals surface area contributed by atoms with Crippen LogP contribution in [-0.4, -0.2) is 61.4 Å². The minimum absolute atomic E-state index is 0.0339. The molecule has 0 aromatic carbocycles. The van der Waals surface area contributed by atoms with Gasteiger partial charge in [0.2, 0.25) is 0 Å². The second-order valence-corrected chi connectivity index (χ2v) is 6.37. The van der Waals surface area contributed by atoms with Crippen molar-refractivity contribution in [3.63, 3.8) is 0 Å². The largest absolute Gasteiger partial charge is 0.389 e. The average molecular weight is 312 g/mol. The number of piperidine rings is 1. The molecule has 1 fully saturated rings. The highest BCUT2D eigenvalue weighted by atomic mass is 32.1. The maximum atomic E-state index is 12.2. The van der Waals surface area contributed by atoms with Gasteiger partial charge in [-0.25, -0.2) is 0 Å². The Morgan fingerprint density at radius 2 is 2.24 bits per heavy atom. The van der Waals surface area contributed by atoms with Crippen LogP contribution < -0.4 is 5.32 Å². The Morgan fingerprint density at radius 3 is 2.81 bits per heavy atom. The van der Waals surface area contributed by atoms with Crippen LogP contribution in [0, 0.1) is 6.92 Å². The molecule has 6 heteroatoms. The number of methoxy groups -OCH3 is 1. The van der Waals surface area contributed by atoms with Gasteiger partial charge in [0.15, 0.2) is 0 Å². The van der Waals surface area contributed by atoms with Crippen LogP contribution in [0.15, 0.2) is 10.8 Å². The van der Waals surface area contributed by atoms with Gasteiger partial charge in [-0.1, -0.05) is 0 Å². The number of hydrogen-bond acceptors (Lipinski definition) is 5. The van der Waals surface area contributed by atoms with E-state index in [1.165, 1.54) is 0 Å². The summed E-state index contributed by atoms with van der Waals surface area (Å²) < 4.78 is 4.94. The molecule has 1 aromatic rings. The van der Waals surface area contributed by atoms with E-state index in [-0.39, 0.29) is 11.9 Å². The summed E-state index contributed by atoms with van der Waals surface area (Å²) in [6, 6.07) is 0.229. The first kappa shape index (κ1) is 16.4. The minimum atomic E-state index is -0.436. The van der Waals surface area contributed by atoms with Crippen LogP contribution in [0.25, 0.3) is 0 Å². The van der Waals surface area contributed by atoms with Gasteiger partial charge in [-0.3, -0.25) is 4.79 Å². The Bertz CT molecular complexity index is 456. The number of likely N-dealkylation sites (tertiary alicyclic amines) is 1. The Hall–Kier alpha value is -0.950. The van der Waals surface area contributed by atoms with E-state index in [0.717, 1.165) is 37.1 Å².